The van der Waals surface area contributed by atoms with Crippen molar-refractivity contribution in [1.82, 2.24) is 9.97 Å². The molecule has 3 heterocycles. The Morgan fingerprint density at radius 3 is 2.50 bits per heavy atom. The number of fused-ring (bicyclic) bond motifs is 1. The van der Waals surface area contributed by atoms with Crippen molar-refractivity contribution in [3.8, 4) is 0 Å². The molecule has 1 saturated heterocycles. The van der Waals surface area contributed by atoms with Gasteiger partial charge in [-0.3, -0.25) is 5.41 Å². The first-order valence-corrected chi connectivity index (χ1v) is 9.39. The van der Waals surface area contributed by atoms with Gasteiger partial charge in [0.2, 0.25) is 0 Å². The summed E-state index contributed by atoms with van der Waals surface area (Å²) in [4.78, 5) is 11.5. The molecule has 1 fully saturated rings. The number of aromatic nitrogens is 2. The Kier molecular flexibility index (Phi) is 3.82. The van der Waals surface area contributed by atoms with Crippen molar-refractivity contribution in [3.05, 3.63) is 59.9 Å². The minimum Gasteiger partial charge on any atom is -0.509 e. The number of aliphatic hydroxyl groups is 1. The number of rotatable bonds is 3. The van der Waals surface area contributed by atoms with Crippen LogP contribution < -0.4 is 9.80 Å². The van der Waals surface area contributed by atoms with Gasteiger partial charge in [-0.15, -0.1) is 0 Å². The van der Waals surface area contributed by atoms with Crippen LogP contribution in [0.5, 0.6) is 0 Å². The number of aliphatic hydroxyl groups excluding tert-OH is 1. The Morgan fingerprint density at radius 1 is 1.04 bits per heavy atom. The van der Waals surface area contributed by atoms with Crippen molar-refractivity contribution in [3.63, 3.8) is 0 Å². The summed E-state index contributed by atoms with van der Waals surface area (Å²) in [5.74, 6) is 0.264. The minimum absolute atomic E-state index is 0.0770. The molecule has 6 nitrogen and oxygen atoms in total. The number of H-pyrrole nitrogens is 1. The maximum Gasteiger partial charge on any atom is 0.145 e. The van der Waals surface area contributed by atoms with E-state index >= 15 is 0 Å². The van der Waals surface area contributed by atoms with Gasteiger partial charge in [0.05, 0.1) is 23.2 Å². The van der Waals surface area contributed by atoms with Gasteiger partial charge in [0, 0.05) is 24.5 Å². The van der Waals surface area contributed by atoms with Crippen molar-refractivity contribution in [2.24, 2.45) is 0 Å². The lowest BCUT2D eigenvalue weighted by Gasteiger charge is -2.21. The monoisotopic (exact) mass is 377 g/mol. The molecule has 5 rings (SSSR count). The van der Waals surface area contributed by atoms with Crippen LogP contribution in [0, 0.1) is 11.2 Å². The highest BCUT2D eigenvalue weighted by Crippen LogP contribution is 2.32. The number of halogens is 1. The largest absolute Gasteiger partial charge is 0.509 e. The lowest BCUT2D eigenvalue weighted by atomic mass is 10.2. The number of nitrogens with one attached hydrogen (secondary N) is 2. The molecule has 0 saturated carbocycles. The zero-order valence-corrected chi connectivity index (χ0v) is 15.2. The molecule has 0 bridgehead atoms. The quantitative estimate of drug-likeness (QED) is 0.643. The lowest BCUT2D eigenvalue weighted by Crippen LogP contribution is -2.26. The van der Waals surface area contributed by atoms with Gasteiger partial charge < -0.3 is 19.9 Å². The summed E-state index contributed by atoms with van der Waals surface area (Å²) < 4.78 is 13.4. The van der Waals surface area contributed by atoms with E-state index in [4.69, 9.17) is 5.41 Å². The predicted molar refractivity (Wildman–Crippen MR) is 109 cm³/mol. The van der Waals surface area contributed by atoms with Crippen LogP contribution in [0.15, 0.2) is 48.2 Å². The fraction of sp³-hybridized carbons (Fsp3) is 0.238. The van der Waals surface area contributed by atoms with Gasteiger partial charge in [0.25, 0.3) is 0 Å². The molecule has 2 aliphatic heterocycles. The van der Waals surface area contributed by atoms with Crippen LogP contribution in [0.4, 0.5) is 15.8 Å². The predicted octanol–water partition coefficient (Wildman–Crippen LogP) is 4.07. The Bertz CT molecular complexity index is 1100. The van der Waals surface area contributed by atoms with Gasteiger partial charge in [0.15, 0.2) is 0 Å². The van der Waals surface area contributed by atoms with Crippen LogP contribution in [-0.4, -0.2) is 40.5 Å². The average Bonchev–Trinajstić information content (AvgIpc) is 3.41. The van der Waals surface area contributed by atoms with E-state index in [1.54, 1.807) is 11.0 Å². The van der Waals surface area contributed by atoms with E-state index in [9.17, 15) is 9.50 Å². The molecule has 2 aliphatic rings. The van der Waals surface area contributed by atoms with Gasteiger partial charge in [-0.25, -0.2) is 9.37 Å². The molecular weight excluding hydrogens is 357 g/mol. The van der Waals surface area contributed by atoms with Gasteiger partial charge in [-0.05, 0) is 55.3 Å². The van der Waals surface area contributed by atoms with Gasteiger partial charge in [0.1, 0.15) is 23.2 Å². The zero-order chi connectivity index (χ0) is 19.3. The second-order valence-electron chi connectivity index (χ2n) is 7.21. The van der Waals surface area contributed by atoms with E-state index in [0.29, 0.717) is 22.4 Å². The average molecular weight is 377 g/mol. The zero-order valence-electron chi connectivity index (χ0n) is 15.2. The van der Waals surface area contributed by atoms with E-state index in [1.165, 1.54) is 30.7 Å². The molecule has 3 N–H and O–H groups in total. The molecule has 1 aromatic heterocycles. The minimum atomic E-state index is -0.359. The molecule has 28 heavy (non-hydrogen) atoms. The highest BCUT2D eigenvalue weighted by Gasteiger charge is 2.31. The number of hydrogen-bond donors (Lipinski definition) is 3. The van der Waals surface area contributed by atoms with Crippen LogP contribution in [-0.2, 0) is 0 Å². The first-order chi connectivity index (χ1) is 13.6. The van der Waals surface area contributed by atoms with Crippen LogP contribution in [0.25, 0.3) is 16.6 Å². The maximum absolute atomic E-state index is 13.4. The van der Waals surface area contributed by atoms with Gasteiger partial charge >= 0.3 is 0 Å². The number of hydrogen-bond acceptors (Lipinski definition) is 4. The third-order valence-electron chi connectivity index (χ3n) is 5.42. The molecule has 2 aromatic carbocycles. The molecule has 0 aliphatic carbocycles. The normalized spacial score (nSPS) is 17.4. The second-order valence-corrected chi connectivity index (χ2v) is 7.21. The van der Waals surface area contributed by atoms with Crippen molar-refractivity contribution < 1.29 is 9.50 Å². The van der Waals surface area contributed by atoms with Gasteiger partial charge in [-0.1, -0.05) is 0 Å². The first-order valence-electron chi connectivity index (χ1n) is 9.39. The van der Waals surface area contributed by atoms with Crippen LogP contribution in [0.1, 0.15) is 18.7 Å². The molecule has 0 unspecified atom stereocenters. The number of nitrogens with zero attached hydrogens (tertiary/aromatic N) is 3. The maximum atomic E-state index is 13.4. The number of amidine groups is 1. The molecule has 3 aromatic rings. The van der Waals surface area contributed by atoms with Crippen LogP contribution in [0.2, 0.25) is 0 Å². The third kappa shape index (κ3) is 2.70. The SMILES string of the molecule is N=C1C(c2nc3ccc(F)cc3[nH]2)=C(O)CN1c1ccc(N2CCCC2)cc1. The van der Waals surface area contributed by atoms with E-state index in [1.807, 2.05) is 12.1 Å². The topological polar surface area (TPSA) is 79.2 Å². The summed E-state index contributed by atoms with van der Waals surface area (Å²) in [6.07, 6.45) is 2.45. The summed E-state index contributed by atoms with van der Waals surface area (Å²) in [7, 11) is 0. The van der Waals surface area contributed by atoms with Crippen LogP contribution in [0.3, 0.4) is 0 Å². The Morgan fingerprint density at radius 2 is 1.75 bits per heavy atom. The first kappa shape index (κ1) is 16.8. The highest BCUT2D eigenvalue weighted by atomic mass is 19.1. The molecular formula is C21H20FN5O. The molecule has 142 valence electrons. The fourth-order valence-corrected chi connectivity index (χ4v) is 3.97. The van der Waals surface area contributed by atoms with E-state index in [2.05, 4.69) is 27.0 Å². The molecule has 7 heteroatoms. The Balaban J connectivity index is 1.42. The number of benzene rings is 2. The molecule has 0 radical (unpaired) electrons. The van der Waals surface area contributed by atoms with E-state index < -0.39 is 0 Å². The summed E-state index contributed by atoms with van der Waals surface area (Å²) in [6.45, 7) is 2.37. The fourth-order valence-electron chi connectivity index (χ4n) is 3.97. The number of aromatic amines is 1. The Labute approximate surface area is 161 Å². The Hall–Kier alpha value is -3.35. The smallest absolute Gasteiger partial charge is 0.145 e. The van der Waals surface area contributed by atoms with Crippen molar-refractivity contribution in [1.29, 1.82) is 5.41 Å². The van der Waals surface area contributed by atoms with Crippen molar-refractivity contribution >= 4 is 33.8 Å². The van der Waals surface area contributed by atoms with E-state index in [0.717, 1.165) is 18.8 Å². The number of anilines is 2. The second kappa shape index (κ2) is 6.37. The lowest BCUT2D eigenvalue weighted by molar-refractivity contribution is 0.411. The van der Waals surface area contributed by atoms with Gasteiger partial charge in [-0.2, -0.15) is 0 Å². The molecule has 0 spiro atoms. The van der Waals surface area contributed by atoms with Crippen molar-refractivity contribution in [2.75, 3.05) is 29.4 Å². The summed E-state index contributed by atoms with van der Waals surface area (Å²) in [6, 6.07) is 12.4. The standard InChI is InChI=1S/C21H20FN5O/c22-13-3-8-16-17(11-13)25-21(24-16)19-18(28)12-27(20(19)23)15-6-4-14(5-7-15)26-9-1-2-10-26/h3-8,11,23,28H,1-2,9-10,12H2,(H,24,25). The molecule has 0 atom stereocenters. The summed E-state index contributed by atoms with van der Waals surface area (Å²) in [5.41, 5.74) is 3.51. The highest BCUT2D eigenvalue weighted by molar-refractivity contribution is 6.30. The summed E-state index contributed by atoms with van der Waals surface area (Å²) >= 11 is 0. The van der Waals surface area contributed by atoms with Crippen LogP contribution >= 0.6 is 0 Å². The third-order valence-corrected chi connectivity index (χ3v) is 5.42. The van der Waals surface area contributed by atoms with Crippen molar-refractivity contribution in [2.45, 2.75) is 12.8 Å². The van der Waals surface area contributed by atoms with E-state index in [-0.39, 0.29) is 24.0 Å². The summed E-state index contributed by atoms with van der Waals surface area (Å²) in [5, 5.41) is 19.1. The molecule has 0 amide bonds. The number of imidazole rings is 1.